The molecule has 0 aromatic heterocycles. The topological polar surface area (TPSA) is 38.3 Å². The second-order valence-corrected chi connectivity index (χ2v) is 7.31. The minimum atomic E-state index is -0.114. The Labute approximate surface area is 177 Å². The molecule has 29 heavy (non-hydrogen) atoms. The van der Waals surface area contributed by atoms with Gasteiger partial charge in [0.15, 0.2) is 0 Å². The van der Waals surface area contributed by atoms with Gasteiger partial charge in [-0.15, -0.1) is 0 Å². The number of amides is 1. The summed E-state index contributed by atoms with van der Waals surface area (Å²) in [5, 5.41) is 3.70. The Balaban J connectivity index is 1.64. The lowest BCUT2D eigenvalue weighted by Gasteiger charge is -2.12. The summed E-state index contributed by atoms with van der Waals surface area (Å²) in [4.78, 5) is 12.7. The van der Waals surface area contributed by atoms with Gasteiger partial charge < -0.3 is 10.1 Å². The molecule has 1 N–H and O–H groups in total. The zero-order valence-corrected chi connectivity index (χ0v) is 17.6. The summed E-state index contributed by atoms with van der Waals surface area (Å²) in [6.45, 7) is 5.14. The van der Waals surface area contributed by atoms with Gasteiger partial charge in [0.1, 0.15) is 12.4 Å². The first-order chi connectivity index (χ1) is 14.1. The Kier molecular flexibility index (Phi) is 7.31. The van der Waals surface area contributed by atoms with Crippen molar-refractivity contribution < 1.29 is 9.53 Å². The van der Waals surface area contributed by atoms with E-state index in [2.05, 4.69) is 37.4 Å². The lowest BCUT2D eigenvalue weighted by Crippen LogP contribution is -2.23. The highest BCUT2D eigenvalue weighted by Gasteiger charge is 2.09. The van der Waals surface area contributed by atoms with Crippen molar-refractivity contribution in [2.24, 2.45) is 0 Å². The molecule has 0 spiro atoms. The molecule has 4 heteroatoms. The summed E-state index contributed by atoms with van der Waals surface area (Å²) in [5.74, 6) is 0.525. The molecule has 0 aliphatic rings. The van der Waals surface area contributed by atoms with Crippen LogP contribution in [0.1, 0.15) is 46.5 Å². The molecule has 0 saturated carbocycles. The molecule has 0 fully saturated rings. The molecule has 3 aromatic rings. The van der Waals surface area contributed by atoms with E-state index in [4.69, 9.17) is 16.3 Å². The first-order valence-corrected chi connectivity index (χ1v) is 10.3. The van der Waals surface area contributed by atoms with Crippen LogP contribution >= 0.6 is 11.6 Å². The highest BCUT2D eigenvalue weighted by atomic mass is 35.5. The van der Waals surface area contributed by atoms with Gasteiger partial charge in [0, 0.05) is 22.7 Å². The van der Waals surface area contributed by atoms with Crippen LogP contribution in [0.15, 0.2) is 66.7 Å². The standard InChI is InChI=1S/C25H26ClNO2/c1-3-18-12-13-19(4-2)22(14-18)16-27-25(28)20-9-7-10-23(15-20)29-17-21-8-5-6-11-24(21)26/h5-15H,3-4,16-17H2,1-2H3,(H,27,28). The minimum Gasteiger partial charge on any atom is -0.489 e. The molecular weight excluding hydrogens is 382 g/mol. The fraction of sp³-hybridized carbons (Fsp3) is 0.240. The lowest BCUT2D eigenvalue weighted by molar-refractivity contribution is 0.0950. The average molecular weight is 408 g/mol. The first-order valence-electron chi connectivity index (χ1n) is 9.95. The van der Waals surface area contributed by atoms with Crippen LogP contribution in [0.2, 0.25) is 5.02 Å². The highest BCUT2D eigenvalue weighted by molar-refractivity contribution is 6.31. The molecule has 0 bridgehead atoms. The third kappa shape index (κ3) is 5.61. The number of hydrogen-bond donors (Lipinski definition) is 1. The molecule has 3 nitrogen and oxygen atoms in total. The number of carbonyl (C=O) groups is 1. The largest absolute Gasteiger partial charge is 0.489 e. The molecular formula is C25H26ClNO2. The fourth-order valence-corrected chi connectivity index (χ4v) is 3.38. The maximum Gasteiger partial charge on any atom is 0.251 e. The zero-order chi connectivity index (χ0) is 20.6. The van der Waals surface area contributed by atoms with Gasteiger partial charge in [0.05, 0.1) is 0 Å². The van der Waals surface area contributed by atoms with E-state index in [0.717, 1.165) is 18.4 Å². The molecule has 3 aromatic carbocycles. The average Bonchev–Trinajstić information content (AvgIpc) is 2.76. The molecule has 0 aliphatic heterocycles. The molecule has 0 heterocycles. The van der Waals surface area contributed by atoms with E-state index in [1.165, 1.54) is 16.7 Å². The van der Waals surface area contributed by atoms with Crippen molar-refractivity contribution >= 4 is 17.5 Å². The molecule has 0 radical (unpaired) electrons. The normalized spacial score (nSPS) is 10.6. The van der Waals surface area contributed by atoms with Crippen LogP contribution in [0.3, 0.4) is 0 Å². The lowest BCUT2D eigenvalue weighted by atomic mass is 10.0. The summed E-state index contributed by atoms with van der Waals surface area (Å²) < 4.78 is 5.83. The summed E-state index contributed by atoms with van der Waals surface area (Å²) in [6.07, 6.45) is 1.93. The van der Waals surface area contributed by atoms with Gasteiger partial charge in [-0.25, -0.2) is 0 Å². The van der Waals surface area contributed by atoms with Crippen LogP contribution in [0.4, 0.5) is 0 Å². The van der Waals surface area contributed by atoms with E-state index in [1.807, 2.05) is 36.4 Å². The van der Waals surface area contributed by atoms with Crippen molar-refractivity contribution in [2.75, 3.05) is 0 Å². The summed E-state index contributed by atoms with van der Waals surface area (Å²) in [5.41, 5.74) is 5.20. The maximum absolute atomic E-state index is 12.7. The number of ether oxygens (including phenoxy) is 1. The number of halogens is 1. The van der Waals surface area contributed by atoms with Gasteiger partial charge in [-0.1, -0.05) is 67.9 Å². The quantitative estimate of drug-likeness (QED) is 0.499. The Bertz CT molecular complexity index is 984. The summed E-state index contributed by atoms with van der Waals surface area (Å²) in [6, 6.07) is 21.3. The van der Waals surface area contributed by atoms with Crippen molar-refractivity contribution in [2.45, 2.75) is 39.8 Å². The van der Waals surface area contributed by atoms with Gasteiger partial charge in [-0.2, -0.15) is 0 Å². The smallest absolute Gasteiger partial charge is 0.251 e. The number of hydrogen-bond acceptors (Lipinski definition) is 2. The van der Waals surface area contributed by atoms with Crippen LogP contribution in [0.25, 0.3) is 0 Å². The molecule has 150 valence electrons. The number of nitrogens with one attached hydrogen (secondary N) is 1. The van der Waals surface area contributed by atoms with Crippen molar-refractivity contribution in [3.63, 3.8) is 0 Å². The third-order valence-electron chi connectivity index (χ3n) is 4.95. The SMILES string of the molecule is CCc1ccc(CC)c(CNC(=O)c2cccc(OCc3ccccc3Cl)c2)c1. The molecule has 0 aliphatic carbocycles. The van der Waals surface area contributed by atoms with Crippen LogP contribution in [0.5, 0.6) is 5.75 Å². The van der Waals surface area contributed by atoms with Crippen LogP contribution < -0.4 is 10.1 Å². The number of carbonyl (C=O) groups excluding carboxylic acids is 1. The Morgan fingerprint density at radius 3 is 2.48 bits per heavy atom. The predicted octanol–water partition coefficient (Wildman–Crippen LogP) is 5.97. The molecule has 0 unspecified atom stereocenters. The van der Waals surface area contributed by atoms with Crippen molar-refractivity contribution in [3.8, 4) is 5.75 Å². The number of rotatable bonds is 8. The van der Waals surface area contributed by atoms with Crippen LogP contribution in [-0.4, -0.2) is 5.91 Å². The molecule has 1 amide bonds. The van der Waals surface area contributed by atoms with E-state index < -0.39 is 0 Å². The summed E-state index contributed by atoms with van der Waals surface area (Å²) >= 11 is 6.17. The van der Waals surface area contributed by atoms with Gasteiger partial charge in [-0.3, -0.25) is 4.79 Å². The Morgan fingerprint density at radius 1 is 0.897 bits per heavy atom. The number of benzene rings is 3. The maximum atomic E-state index is 12.7. The van der Waals surface area contributed by atoms with E-state index >= 15 is 0 Å². The minimum absolute atomic E-state index is 0.114. The monoisotopic (exact) mass is 407 g/mol. The van der Waals surface area contributed by atoms with E-state index in [-0.39, 0.29) is 5.91 Å². The second-order valence-electron chi connectivity index (χ2n) is 6.90. The molecule has 0 saturated heterocycles. The Morgan fingerprint density at radius 2 is 1.72 bits per heavy atom. The summed E-state index contributed by atoms with van der Waals surface area (Å²) in [7, 11) is 0. The number of aryl methyl sites for hydroxylation is 2. The van der Waals surface area contributed by atoms with Gasteiger partial charge >= 0.3 is 0 Å². The van der Waals surface area contributed by atoms with Crippen molar-refractivity contribution in [3.05, 3.63) is 99.6 Å². The first kappa shape index (κ1) is 20.9. The highest BCUT2D eigenvalue weighted by Crippen LogP contribution is 2.20. The van der Waals surface area contributed by atoms with Gasteiger partial charge in [0.2, 0.25) is 0 Å². The zero-order valence-electron chi connectivity index (χ0n) is 16.9. The van der Waals surface area contributed by atoms with Gasteiger partial charge in [-0.05, 0) is 53.8 Å². The van der Waals surface area contributed by atoms with E-state index in [1.54, 1.807) is 12.1 Å². The molecule has 0 atom stereocenters. The predicted molar refractivity (Wildman–Crippen MR) is 119 cm³/mol. The van der Waals surface area contributed by atoms with Crippen LogP contribution in [-0.2, 0) is 26.0 Å². The Hall–Kier alpha value is -2.78. The fourth-order valence-electron chi connectivity index (χ4n) is 3.19. The van der Waals surface area contributed by atoms with Gasteiger partial charge in [0.25, 0.3) is 5.91 Å². The van der Waals surface area contributed by atoms with Crippen LogP contribution in [0, 0.1) is 0 Å². The molecule has 3 rings (SSSR count). The van der Waals surface area contributed by atoms with Crippen molar-refractivity contribution in [1.29, 1.82) is 0 Å². The van der Waals surface area contributed by atoms with E-state index in [9.17, 15) is 4.79 Å². The van der Waals surface area contributed by atoms with Crippen molar-refractivity contribution in [1.82, 2.24) is 5.32 Å². The second kappa shape index (κ2) is 10.1. The third-order valence-corrected chi connectivity index (χ3v) is 5.32. The van der Waals surface area contributed by atoms with E-state index in [0.29, 0.717) is 29.5 Å².